The van der Waals surface area contributed by atoms with Crippen molar-refractivity contribution in [1.82, 2.24) is 10.6 Å². The molecule has 0 saturated heterocycles. The number of rotatable bonds is 6. The average Bonchev–Trinajstić information content (AvgIpc) is 3.00. The monoisotopic (exact) mass is 301 g/mol. The molecule has 0 atom stereocenters. The Morgan fingerprint density at radius 3 is 2.48 bits per heavy atom. The lowest BCUT2D eigenvalue weighted by atomic mass is 10.1. The number of hydrogen-bond acceptors (Lipinski definition) is 2. The highest BCUT2D eigenvalue weighted by Gasteiger charge is 2.01. The van der Waals surface area contributed by atoms with E-state index in [1.165, 1.54) is 15.3 Å². The third-order valence-corrected chi connectivity index (χ3v) is 4.50. The summed E-state index contributed by atoms with van der Waals surface area (Å²) in [4.78, 5) is 7.04. The van der Waals surface area contributed by atoms with Crippen LogP contribution in [0.3, 0.4) is 0 Å². The Bertz CT molecular complexity index is 560. The molecular formula is C17H23N3S. The predicted molar refractivity (Wildman–Crippen MR) is 92.0 cm³/mol. The van der Waals surface area contributed by atoms with Gasteiger partial charge < -0.3 is 10.6 Å². The topological polar surface area (TPSA) is 36.4 Å². The van der Waals surface area contributed by atoms with Gasteiger partial charge in [0.1, 0.15) is 0 Å². The lowest BCUT2D eigenvalue weighted by molar-refractivity contribution is 0.799. The zero-order valence-corrected chi connectivity index (χ0v) is 13.5. The maximum absolute atomic E-state index is 4.26. The van der Waals surface area contributed by atoms with E-state index >= 15 is 0 Å². The number of aliphatic imine (C=N–C) groups is 1. The Labute approximate surface area is 131 Å². The summed E-state index contributed by atoms with van der Waals surface area (Å²) in [5.41, 5.74) is 1.34. The van der Waals surface area contributed by atoms with Crippen LogP contribution < -0.4 is 10.6 Å². The lowest BCUT2D eigenvalue weighted by Gasteiger charge is -2.11. The van der Waals surface area contributed by atoms with Crippen LogP contribution in [0.15, 0.2) is 47.5 Å². The molecule has 0 saturated carbocycles. The van der Waals surface area contributed by atoms with Crippen molar-refractivity contribution in [1.29, 1.82) is 0 Å². The second kappa shape index (κ2) is 8.47. The van der Waals surface area contributed by atoms with Gasteiger partial charge in [-0.25, -0.2) is 0 Å². The highest BCUT2D eigenvalue weighted by atomic mass is 32.1. The molecule has 2 N–H and O–H groups in total. The molecule has 2 aromatic rings. The summed E-state index contributed by atoms with van der Waals surface area (Å²) in [7, 11) is 1.81. The average molecular weight is 301 g/mol. The largest absolute Gasteiger partial charge is 0.356 e. The summed E-state index contributed by atoms with van der Waals surface area (Å²) in [5, 5.41) is 6.71. The number of nitrogens with zero attached hydrogens (tertiary/aromatic N) is 1. The van der Waals surface area contributed by atoms with E-state index in [0.29, 0.717) is 0 Å². The van der Waals surface area contributed by atoms with E-state index in [1.54, 1.807) is 0 Å². The minimum atomic E-state index is 0.829. The molecule has 4 heteroatoms. The normalized spacial score (nSPS) is 11.4. The number of nitrogens with one attached hydrogen (secondary N) is 2. The van der Waals surface area contributed by atoms with Gasteiger partial charge in [-0.05, 0) is 30.5 Å². The SMILES string of the molecule is CCc1ccc(CNC(=NC)NCCc2ccccc2)s1. The molecule has 0 aliphatic heterocycles. The molecule has 1 heterocycles. The summed E-state index contributed by atoms with van der Waals surface area (Å²) >= 11 is 1.86. The van der Waals surface area contributed by atoms with Gasteiger partial charge >= 0.3 is 0 Å². The van der Waals surface area contributed by atoms with Crippen LogP contribution in [0, 0.1) is 0 Å². The van der Waals surface area contributed by atoms with Crippen LogP contribution in [0.5, 0.6) is 0 Å². The zero-order valence-electron chi connectivity index (χ0n) is 12.7. The van der Waals surface area contributed by atoms with Crippen LogP contribution in [0.2, 0.25) is 0 Å². The van der Waals surface area contributed by atoms with Gasteiger partial charge in [0.05, 0.1) is 6.54 Å². The van der Waals surface area contributed by atoms with Gasteiger partial charge in [0, 0.05) is 23.3 Å². The first-order valence-electron chi connectivity index (χ1n) is 7.38. The first-order valence-corrected chi connectivity index (χ1v) is 8.19. The maximum Gasteiger partial charge on any atom is 0.191 e. The number of aryl methyl sites for hydroxylation is 1. The molecule has 0 unspecified atom stereocenters. The fourth-order valence-corrected chi connectivity index (χ4v) is 2.97. The van der Waals surface area contributed by atoms with Crippen molar-refractivity contribution in [2.24, 2.45) is 4.99 Å². The number of hydrogen-bond donors (Lipinski definition) is 2. The summed E-state index contributed by atoms with van der Waals surface area (Å²) in [5.74, 6) is 0.859. The molecule has 0 bridgehead atoms. The highest BCUT2D eigenvalue weighted by molar-refractivity contribution is 7.11. The highest BCUT2D eigenvalue weighted by Crippen LogP contribution is 2.16. The van der Waals surface area contributed by atoms with Crippen molar-refractivity contribution in [2.75, 3.05) is 13.6 Å². The third-order valence-electron chi connectivity index (χ3n) is 3.27. The van der Waals surface area contributed by atoms with Gasteiger partial charge in [0.15, 0.2) is 5.96 Å². The van der Waals surface area contributed by atoms with Gasteiger partial charge in [-0.2, -0.15) is 0 Å². The second-order valence-electron chi connectivity index (χ2n) is 4.81. The summed E-state index contributed by atoms with van der Waals surface area (Å²) in [6.07, 6.45) is 2.11. The fraction of sp³-hybridized carbons (Fsp3) is 0.353. The summed E-state index contributed by atoms with van der Waals surface area (Å²) in [6.45, 7) is 3.90. The van der Waals surface area contributed by atoms with Crippen LogP contribution in [0.25, 0.3) is 0 Å². The van der Waals surface area contributed by atoms with E-state index in [2.05, 4.69) is 58.9 Å². The van der Waals surface area contributed by atoms with E-state index in [-0.39, 0.29) is 0 Å². The predicted octanol–water partition coefficient (Wildman–Crippen LogP) is 3.22. The number of thiophene rings is 1. The Morgan fingerprint density at radius 2 is 1.81 bits per heavy atom. The van der Waals surface area contributed by atoms with Crippen LogP contribution in [0.4, 0.5) is 0 Å². The number of guanidine groups is 1. The molecule has 21 heavy (non-hydrogen) atoms. The molecule has 0 aliphatic rings. The Morgan fingerprint density at radius 1 is 1.05 bits per heavy atom. The van der Waals surface area contributed by atoms with E-state index in [0.717, 1.165) is 31.9 Å². The Kier molecular flexibility index (Phi) is 6.28. The van der Waals surface area contributed by atoms with Gasteiger partial charge in [-0.15, -0.1) is 11.3 Å². The molecule has 2 rings (SSSR count). The summed E-state index contributed by atoms with van der Waals surface area (Å²) in [6, 6.07) is 14.9. The quantitative estimate of drug-likeness (QED) is 0.635. The van der Waals surface area contributed by atoms with Crippen molar-refractivity contribution in [3.63, 3.8) is 0 Å². The maximum atomic E-state index is 4.26. The fourth-order valence-electron chi connectivity index (χ4n) is 2.07. The first-order chi connectivity index (χ1) is 10.3. The van der Waals surface area contributed by atoms with Gasteiger partial charge in [0.2, 0.25) is 0 Å². The van der Waals surface area contributed by atoms with E-state index < -0.39 is 0 Å². The molecule has 0 radical (unpaired) electrons. The minimum Gasteiger partial charge on any atom is -0.356 e. The second-order valence-corrected chi connectivity index (χ2v) is 6.06. The lowest BCUT2D eigenvalue weighted by Crippen LogP contribution is -2.37. The van der Waals surface area contributed by atoms with E-state index in [4.69, 9.17) is 0 Å². The van der Waals surface area contributed by atoms with Crippen LogP contribution in [0.1, 0.15) is 22.2 Å². The zero-order chi connectivity index (χ0) is 14.9. The van der Waals surface area contributed by atoms with Crippen molar-refractivity contribution in [2.45, 2.75) is 26.3 Å². The Balaban J connectivity index is 1.73. The van der Waals surface area contributed by atoms with E-state index in [9.17, 15) is 0 Å². The van der Waals surface area contributed by atoms with Crippen molar-refractivity contribution in [3.05, 3.63) is 57.8 Å². The third kappa shape index (κ3) is 5.23. The molecular weight excluding hydrogens is 278 g/mol. The minimum absolute atomic E-state index is 0.829. The van der Waals surface area contributed by atoms with Crippen LogP contribution >= 0.6 is 11.3 Å². The van der Waals surface area contributed by atoms with Crippen molar-refractivity contribution >= 4 is 17.3 Å². The smallest absolute Gasteiger partial charge is 0.191 e. The summed E-state index contributed by atoms with van der Waals surface area (Å²) < 4.78 is 0. The molecule has 0 spiro atoms. The standard InChI is InChI=1S/C17H23N3S/c1-3-15-9-10-16(21-15)13-20-17(18-2)19-12-11-14-7-5-4-6-8-14/h4-10H,3,11-13H2,1-2H3,(H2,18,19,20). The van der Waals surface area contributed by atoms with E-state index in [1.807, 2.05) is 24.5 Å². The molecule has 0 amide bonds. The van der Waals surface area contributed by atoms with Crippen molar-refractivity contribution < 1.29 is 0 Å². The number of benzene rings is 1. The molecule has 0 aliphatic carbocycles. The molecule has 0 fully saturated rings. The van der Waals surface area contributed by atoms with Crippen LogP contribution in [-0.2, 0) is 19.4 Å². The van der Waals surface area contributed by atoms with Gasteiger partial charge in [-0.3, -0.25) is 4.99 Å². The van der Waals surface area contributed by atoms with Crippen LogP contribution in [-0.4, -0.2) is 19.6 Å². The first kappa shape index (κ1) is 15.6. The van der Waals surface area contributed by atoms with Crippen molar-refractivity contribution in [3.8, 4) is 0 Å². The molecule has 1 aromatic heterocycles. The van der Waals surface area contributed by atoms with Gasteiger partial charge in [-0.1, -0.05) is 37.3 Å². The molecule has 3 nitrogen and oxygen atoms in total. The Hall–Kier alpha value is -1.81. The van der Waals surface area contributed by atoms with Gasteiger partial charge in [0.25, 0.3) is 0 Å². The molecule has 1 aromatic carbocycles. The molecule has 112 valence electrons.